The lowest BCUT2D eigenvalue weighted by molar-refractivity contribution is 0.102. The van der Waals surface area contributed by atoms with Crippen molar-refractivity contribution in [3.8, 4) is 5.75 Å². The van der Waals surface area contributed by atoms with E-state index in [1.54, 1.807) is 42.1 Å². The summed E-state index contributed by atoms with van der Waals surface area (Å²) in [5.41, 5.74) is 1.03. The zero-order valence-electron chi connectivity index (χ0n) is 16.2. The third kappa shape index (κ3) is 5.08. The summed E-state index contributed by atoms with van der Waals surface area (Å²) in [6, 6.07) is 18.0. The number of carbonyl (C=O) groups excluding carboxylic acids is 1. The van der Waals surface area contributed by atoms with Crippen LogP contribution in [0.4, 0.5) is 11.4 Å². The smallest absolute Gasteiger partial charge is 0.263 e. The molecule has 0 unspecified atom stereocenters. The number of hydrogen-bond acceptors (Lipinski definition) is 5. The zero-order valence-corrected chi connectivity index (χ0v) is 18.6. The van der Waals surface area contributed by atoms with Crippen molar-refractivity contribution >= 4 is 50.7 Å². The van der Waals surface area contributed by atoms with Crippen LogP contribution in [0, 0.1) is 0 Å². The first-order chi connectivity index (χ1) is 14.3. The molecule has 3 aromatic rings. The summed E-state index contributed by atoms with van der Waals surface area (Å²) in [5.74, 6) is -0.0848. The maximum absolute atomic E-state index is 12.9. The minimum absolute atomic E-state index is 0.00155. The third-order valence-corrected chi connectivity index (χ3v) is 6.73. The monoisotopic (exact) mass is 462 g/mol. The highest BCUT2D eigenvalue weighted by atomic mass is 35.5. The van der Waals surface area contributed by atoms with Gasteiger partial charge in [-0.25, -0.2) is 8.42 Å². The van der Waals surface area contributed by atoms with E-state index in [1.807, 2.05) is 24.5 Å². The fourth-order valence-electron chi connectivity index (χ4n) is 2.68. The number of sulfonamides is 1. The Kier molecular flexibility index (Phi) is 6.91. The Morgan fingerprint density at radius 2 is 1.80 bits per heavy atom. The third-order valence-electron chi connectivity index (χ3n) is 4.16. The second-order valence-electron chi connectivity index (χ2n) is 6.14. The lowest BCUT2D eigenvalue weighted by Crippen LogP contribution is -2.17. The van der Waals surface area contributed by atoms with Crippen molar-refractivity contribution in [2.75, 3.05) is 23.4 Å². The highest BCUT2D eigenvalue weighted by Gasteiger charge is 2.22. The second-order valence-corrected chi connectivity index (χ2v) is 9.07. The molecular weight excluding hydrogens is 444 g/mol. The molecule has 3 aromatic carbocycles. The van der Waals surface area contributed by atoms with Crippen LogP contribution in [-0.4, -0.2) is 27.7 Å². The molecule has 0 heterocycles. The van der Waals surface area contributed by atoms with Gasteiger partial charge in [0, 0.05) is 16.1 Å². The molecule has 1 amide bonds. The molecule has 0 fully saturated rings. The summed E-state index contributed by atoms with van der Waals surface area (Å²) < 4.78 is 33.5. The molecule has 0 saturated carbocycles. The SMILES string of the molecule is COc1ccccc1NS(=O)(=O)c1cc(C(=O)Nc2cccc(SC)c2)ccc1Cl. The maximum atomic E-state index is 12.9. The van der Waals surface area contributed by atoms with E-state index in [4.69, 9.17) is 16.3 Å². The van der Waals surface area contributed by atoms with E-state index >= 15 is 0 Å². The number of hydrogen-bond donors (Lipinski definition) is 2. The van der Waals surface area contributed by atoms with Crippen LogP contribution in [0.25, 0.3) is 0 Å². The normalized spacial score (nSPS) is 11.0. The van der Waals surface area contributed by atoms with Gasteiger partial charge >= 0.3 is 0 Å². The molecule has 0 bridgehead atoms. The minimum Gasteiger partial charge on any atom is -0.495 e. The molecule has 0 atom stereocenters. The quantitative estimate of drug-likeness (QED) is 0.476. The molecule has 6 nitrogen and oxygen atoms in total. The number of nitrogens with one attached hydrogen (secondary N) is 2. The van der Waals surface area contributed by atoms with Gasteiger partial charge < -0.3 is 10.1 Å². The average molecular weight is 463 g/mol. The Hall–Kier alpha value is -2.68. The molecule has 0 aliphatic rings. The van der Waals surface area contributed by atoms with Crippen LogP contribution in [-0.2, 0) is 10.0 Å². The molecule has 0 radical (unpaired) electrons. The molecule has 30 heavy (non-hydrogen) atoms. The van der Waals surface area contributed by atoms with E-state index in [2.05, 4.69) is 10.0 Å². The second kappa shape index (κ2) is 9.42. The average Bonchev–Trinajstić information content (AvgIpc) is 2.74. The molecule has 3 rings (SSSR count). The van der Waals surface area contributed by atoms with E-state index in [1.165, 1.54) is 25.3 Å². The highest BCUT2D eigenvalue weighted by Crippen LogP contribution is 2.29. The van der Waals surface area contributed by atoms with Crippen LogP contribution in [0.15, 0.2) is 76.5 Å². The Morgan fingerprint density at radius 1 is 1.03 bits per heavy atom. The van der Waals surface area contributed by atoms with Gasteiger partial charge in [-0.3, -0.25) is 9.52 Å². The van der Waals surface area contributed by atoms with Crippen LogP contribution in [0.2, 0.25) is 5.02 Å². The van der Waals surface area contributed by atoms with Crippen molar-refractivity contribution in [2.45, 2.75) is 9.79 Å². The van der Waals surface area contributed by atoms with Crippen molar-refractivity contribution < 1.29 is 17.9 Å². The van der Waals surface area contributed by atoms with Crippen molar-refractivity contribution in [2.24, 2.45) is 0 Å². The fourth-order valence-corrected chi connectivity index (χ4v) is 4.74. The number of ether oxygens (including phenoxy) is 1. The lowest BCUT2D eigenvalue weighted by atomic mass is 10.2. The first kappa shape index (κ1) is 22.0. The van der Waals surface area contributed by atoms with E-state index < -0.39 is 15.9 Å². The van der Waals surface area contributed by atoms with Gasteiger partial charge in [0.05, 0.1) is 17.8 Å². The topological polar surface area (TPSA) is 84.5 Å². The van der Waals surface area contributed by atoms with Crippen molar-refractivity contribution in [1.29, 1.82) is 0 Å². The molecule has 0 spiro atoms. The van der Waals surface area contributed by atoms with Crippen LogP contribution in [0.3, 0.4) is 0 Å². The largest absolute Gasteiger partial charge is 0.495 e. The minimum atomic E-state index is -4.06. The van der Waals surface area contributed by atoms with Gasteiger partial charge in [0.2, 0.25) is 0 Å². The van der Waals surface area contributed by atoms with E-state index in [9.17, 15) is 13.2 Å². The number of thioether (sulfide) groups is 1. The molecule has 0 aromatic heterocycles. The standard InChI is InChI=1S/C21H19ClN2O4S2/c1-28-19-9-4-3-8-18(19)24-30(26,27)20-12-14(10-11-17(20)22)21(25)23-15-6-5-7-16(13-15)29-2/h3-13,24H,1-2H3,(H,23,25). The highest BCUT2D eigenvalue weighted by molar-refractivity contribution is 7.98. The van der Waals surface area contributed by atoms with E-state index in [0.29, 0.717) is 11.4 Å². The summed E-state index contributed by atoms with van der Waals surface area (Å²) >= 11 is 7.69. The number of halogens is 1. The first-order valence-electron chi connectivity index (χ1n) is 8.75. The van der Waals surface area contributed by atoms with Gasteiger partial charge in [-0.2, -0.15) is 0 Å². The molecular formula is C21H19ClN2O4S2. The molecule has 0 aliphatic carbocycles. The molecule has 2 N–H and O–H groups in total. The summed E-state index contributed by atoms with van der Waals surface area (Å²) in [6.07, 6.45) is 1.94. The number of methoxy groups -OCH3 is 1. The van der Waals surface area contributed by atoms with Gasteiger partial charge in [0.15, 0.2) is 0 Å². The predicted octanol–water partition coefficient (Wildman–Crippen LogP) is 5.12. The Bertz CT molecular complexity index is 1180. The molecule has 0 aliphatic heterocycles. The van der Waals surface area contributed by atoms with Crippen LogP contribution >= 0.6 is 23.4 Å². The van der Waals surface area contributed by atoms with Gasteiger partial charge in [-0.05, 0) is 54.8 Å². The first-order valence-corrected chi connectivity index (χ1v) is 11.8. The predicted molar refractivity (Wildman–Crippen MR) is 121 cm³/mol. The van der Waals surface area contributed by atoms with Crippen LogP contribution in [0.5, 0.6) is 5.75 Å². The molecule has 156 valence electrons. The van der Waals surface area contributed by atoms with Gasteiger partial charge in [-0.15, -0.1) is 11.8 Å². The van der Waals surface area contributed by atoms with Gasteiger partial charge in [0.1, 0.15) is 10.6 Å². The lowest BCUT2D eigenvalue weighted by Gasteiger charge is -2.13. The number of benzene rings is 3. The molecule has 0 saturated heterocycles. The van der Waals surface area contributed by atoms with Crippen molar-refractivity contribution in [3.05, 3.63) is 77.3 Å². The van der Waals surface area contributed by atoms with Crippen molar-refractivity contribution in [1.82, 2.24) is 0 Å². The number of amides is 1. The molecule has 9 heteroatoms. The maximum Gasteiger partial charge on any atom is 0.263 e. The van der Waals surface area contributed by atoms with E-state index in [-0.39, 0.29) is 21.2 Å². The Morgan fingerprint density at radius 3 is 2.53 bits per heavy atom. The summed E-state index contributed by atoms with van der Waals surface area (Å²) in [7, 11) is -2.62. The van der Waals surface area contributed by atoms with Crippen molar-refractivity contribution in [3.63, 3.8) is 0 Å². The van der Waals surface area contributed by atoms with Crippen LogP contribution in [0.1, 0.15) is 10.4 Å². The number of carbonyl (C=O) groups is 1. The summed E-state index contributed by atoms with van der Waals surface area (Å²) in [6.45, 7) is 0. The van der Waals surface area contributed by atoms with Gasteiger partial charge in [0.25, 0.3) is 15.9 Å². The number of anilines is 2. The zero-order chi connectivity index (χ0) is 21.7. The number of para-hydroxylation sites is 2. The number of rotatable bonds is 7. The van der Waals surface area contributed by atoms with Gasteiger partial charge in [-0.1, -0.05) is 29.8 Å². The summed E-state index contributed by atoms with van der Waals surface area (Å²) in [4.78, 5) is 13.5. The van der Waals surface area contributed by atoms with E-state index in [0.717, 1.165) is 4.90 Å². The van der Waals surface area contributed by atoms with Crippen LogP contribution < -0.4 is 14.8 Å². The summed E-state index contributed by atoms with van der Waals surface area (Å²) in [5, 5.41) is 2.77. The Labute approximate surface area is 184 Å². The Balaban J connectivity index is 1.89. The fraction of sp³-hybridized carbons (Fsp3) is 0.0952.